The number of benzene rings is 1. The van der Waals surface area contributed by atoms with Crippen LogP contribution in [0.3, 0.4) is 0 Å². The molecule has 0 radical (unpaired) electrons. The number of fused-ring (bicyclic) bond motifs is 2. The molecular weight excluding hydrogens is 326 g/mol. The van der Waals surface area contributed by atoms with Gasteiger partial charge in [0.15, 0.2) is 5.82 Å². The van der Waals surface area contributed by atoms with Crippen LogP contribution in [0.2, 0.25) is 0 Å². The van der Waals surface area contributed by atoms with E-state index in [2.05, 4.69) is 32.4 Å². The maximum Gasteiger partial charge on any atom is 0.271 e. The molecule has 0 bridgehead atoms. The van der Waals surface area contributed by atoms with Gasteiger partial charge in [0.25, 0.3) is 5.91 Å². The number of nitrogens with zero attached hydrogens (tertiary/aromatic N) is 3. The minimum atomic E-state index is -0.135. The van der Waals surface area contributed by atoms with Gasteiger partial charge in [0.1, 0.15) is 17.0 Å². The van der Waals surface area contributed by atoms with Crippen molar-refractivity contribution in [2.24, 2.45) is 0 Å². The monoisotopic (exact) mass is 343 g/mol. The zero-order valence-electron chi connectivity index (χ0n) is 14.0. The fourth-order valence-electron chi connectivity index (χ4n) is 3.49. The molecular formula is C20H17N5O. The Bertz CT molecular complexity index is 1060. The quantitative estimate of drug-likeness (QED) is 0.588. The number of aromatic nitrogens is 4. The van der Waals surface area contributed by atoms with Crippen molar-refractivity contribution >= 4 is 11.6 Å². The van der Waals surface area contributed by atoms with Crippen LogP contribution >= 0.6 is 0 Å². The molecule has 0 saturated carbocycles. The standard InChI is InChI=1S/C20H17N5O/c26-20-18-15(10-14(11-21-20)13-6-2-1-3-7-13)23-19(24-18)16-12-25-9-5-4-8-17(25)22-16/h1-9,12,14H,10-11H2,(H,21,26)(H,23,24)/t14-/m0/s1. The zero-order chi connectivity index (χ0) is 17.5. The van der Waals surface area contributed by atoms with Gasteiger partial charge in [0.2, 0.25) is 0 Å². The second kappa shape index (κ2) is 5.84. The van der Waals surface area contributed by atoms with Crippen LogP contribution in [-0.2, 0) is 6.42 Å². The number of pyridine rings is 1. The summed E-state index contributed by atoms with van der Waals surface area (Å²) in [5, 5.41) is 2.99. The van der Waals surface area contributed by atoms with Gasteiger partial charge in [-0.25, -0.2) is 9.97 Å². The SMILES string of the molecule is O=C1NC[C@@H](c2ccccc2)Cc2[nH]c(-c3cn4ccccc4n3)nc21. The van der Waals surface area contributed by atoms with Gasteiger partial charge >= 0.3 is 0 Å². The first-order valence-corrected chi connectivity index (χ1v) is 8.64. The van der Waals surface area contributed by atoms with Crippen molar-refractivity contribution < 1.29 is 4.79 Å². The van der Waals surface area contributed by atoms with Crippen molar-refractivity contribution in [1.29, 1.82) is 0 Å². The van der Waals surface area contributed by atoms with Gasteiger partial charge in [0, 0.05) is 30.6 Å². The molecule has 2 N–H and O–H groups in total. The maximum absolute atomic E-state index is 12.5. The number of carbonyl (C=O) groups excluding carboxylic acids is 1. The molecule has 6 heteroatoms. The van der Waals surface area contributed by atoms with E-state index in [-0.39, 0.29) is 11.8 Å². The largest absolute Gasteiger partial charge is 0.350 e. The van der Waals surface area contributed by atoms with E-state index in [0.29, 0.717) is 18.1 Å². The average Bonchev–Trinajstić information content (AvgIpc) is 3.26. The van der Waals surface area contributed by atoms with E-state index in [9.17, 15) is 4.79 Å². The summed E-state index contributed by atoms with van der Waals surface area (Å²) >= 11 is 0. The molecule has 1 atom stereocenters. The third kappa shape index (κ3) is 2.47. The van der Waals surface area contributed by atoms with E-state index in [1.54, 1.807) is 0 Å². The highest BCUT2D eigenvalue weighted by Crippen LogP contribution is 2.26. The summed E-state index contributed by atoms with van der Waals surface area (Å²) in [6.45, 7) is 0.608. The topological polar surface area (TPSA) is 75.1 Å². The molecule has 0 aliphatic carbocycles. The Morgan fingerprint density at radius 3 is 2.73 bits per heavy atom. The minimum absolute atomic E-state index is 0.135. The number of imidazole rings is 2. The number of rotatable bonds is 2. The number of hydrogen-bond donors (Lipinski definition) is 2. The van der Waals surface area contributed by atoms with Crippen LogP contribution in [0.1, 0.15) is 27.7 Å². The number of aromatic amines is 1. The highest BCUT2D eigenvalue weighted by Gasteiger charge is 2.26. The summed E-state index contributed by atoms with van der Waals surface area (Å²) in [5.41, 5.74) is 4.12. The normalized spacial score (nSPS) is 16.9. The molecule has 1 aromatic carbocycles. The van der Waals surface area contributed by atoms with Crippen molar-refractivity contribution in [3.05, 3.63) is 77.9 Å². The van der Waals surface area contributed by atoms with Crippen LogP contribution in [0.25, 0.3) is 17.2 Å². The number of carbonyl (C=O) groups is 1. The molecule has 1 aliphatic rings. The van der Waals surface area contributed by atoms with E-state index >= 15 is 0 Å². The highest BCUT2D eigenvalue weighted by atomic mass is 16.1. The van der Waals surface area contributed by atoms with Crippen LogP contribution in [0, 0.1) is 0 Å². The lowest BCUT2D eigenvalue weighted by atomic mass is 9.94. The number of H-pyrrole nitrogens is 1. The minimum Gasteiger partial charge on any atom is -0.350 e. The third-order valence-electron chi connectivity index (χ3n) is 4.83. The molecule has 4 aromatic rings. The Balaban J connectivity index is 1.54. The van der Waals surface area contributed by atoms with Gasteiger partial charge in [-0.15, -0.1) is 0 Å². The first kappa shape index (κ1) is 14.9. The van der Waals surface area contributed by atoms with E-state index in [0.717, 1.165) is 23.5 Å². The van der Waals surface area contributed by atoms with E-state index < -0.39 is 0 Å². The van der Waals surface area contributed by atoms with Gasteiger partial charge in [-0.1, -0.05) is 36.4 Å². The number of nitrogens with one attached hydrogen (secondary N) is 2. The van der Waals surface area contributed by atoms with E-state index in [1.165, 1.54) is 5.56 Å². The van der Waals surface area contributed by atoms with Crippen LogP contribution in [0.4, 0.5) is 0 Å². The maximum atomic E-state index is 12.5. The van der Waals surface area contributed by atoms with Crippen LogP contribution in [-0.4, -0.2) is 31.8 Å². The van der Waals surface area contributed by atoms with E-state index in [1.807, 2.05) is 53.2 Å². The summed E-state index contributed by atoms with van der Waals surface area (Å²) in [5.74, 6) is 0.711. The van der Waals surface area contributed by atoms with Crippen molar-refractivity contribution in [2.75, 3.05) is 6.54 Å². The van der Waals surface area contributed by atoms with Crippen LogP contribution in [0.5, 0.6) is 0 Å². The fraction of sp³-hybridized carbons (Fsp3) is 0.150. The fourth-order valence-corrected chi connectivity index (χ4v) is 3.49. The van der Waals surface area contributed by atoms with Crippen molar-refractivity contribution in [3.8, 4) is 11.5 Å². The van der Waals surface area contributed by atoms with Gasteiger partial charge in [-0.2, -0.15) is 0 Å². The Labute approximate surface area is 149 Å². The molecule has 0 saturated heterocycles. The van der Waals surface area contributed by atoms with Crippen molar-refractivity contribution in [1.82, 2.24) is 24.7 Å². The highest BCUT2D eigenvalue weighted by molar-refractivity contribution is 5.94. The number of hydrogen-bond acceptors (Lipinski definition) is 3. The van der Waals surface area contributed by atoms with Gasteiger partial charge in [-0.05, 0) is 24.1 Å². The van der Waals surface area contributed by atoms with Gasteiger partial charge in [-0.3, -0.25) is 4.79 Å². The molecule has 0 fully saturated rings. The second-order valence-corrected chi connectivity index (χ2v) is 6.53. The molecule has 4 heterocycles. The predicted octanol–water partition coefficient (Wildman–Crippen LogP) is 2.79. The Morgan fingerprint density at radius 1 is 1.04 bits per heavy atom. The molecule has 1 aliphatic heterocycles. The molecule has 26 heavy (non-hydrogen) atoms. The van der Waals surface area contributed by atoms with Crippen LogP contribution in [0.15, 0.2) is 60.9 Å². The Hall–Kier alpha value is -3.41. The first-order chi connectivity index (χ1) is 12.8. The van der Waals surface area contributed by atoms with Crippen LogP contribution < -0.4 is 5.32 Å². The molecule has 5 rings (SSSR count). The summed E-state index contributed by atoms with van der Waals surface area (Å²) < 4.78 is 1.94. The number of amides is 1. The first-order valence-electron chi connectivity index (χ1n) is 8.64. The molecule has 0 spiro atoms. The summed E-state index contributed by atoms with van der Waals surface area (Å²) in [6.07, 6.45) is 4.59. The zero-order valence-corrected chi connectivity index (χ0v) is 14.0. The van der Waals surface area contributed by atoms with Crippen molar-refractivity contribution in [3.63, 3.8) is 0 Å². The lowest BCUT2D eigenvalue weighted by Gasteiger charge is -2.14. The molecule has 3 aromatic heterocycles. The Morgan fingerprint density at radius 2 is 1.88 bits per heavy atom. The summed E-state index contributed by atoms with van der Waals surface area (Å²) in [4.78, 5) is 24.9. The summed E-state index contributed by atoms with van der Waals surface area (Å²) in [6, 6.07) is 16.1. The molecule has 6 nitrogen and oxygen atoms in total. The second-order valence-electron chi connectivity index (χ2n) is 6.53. The lowest BCUT2D eigenvalue weighted by molar-refractivity contribution is 0.0950. The Kier molecular flexibility index (Phi) is 3.35. The lowest BCUT2D eigenvalue weighted by Crippen LogP contribution is -2.26. The molecule has 1 amide bonds. The molecule has 128 valence electrons. The van der Waals surface area contributed by atoms with E-state index in [4.69, 9.17) is 0 Å². The van der Waals surface area contributed by atoms with Gasteiger partial charge in [0.05, 0.1) is 0 Å². The average molecular weight is 343 g/mol. The predicted molar refractivity (Wildman–Crippen MR) is 98.0 cm³/mol. The van der Waals surface area contributed by atoms with Gasteiger partial charge < -0.3 is 14.7 Å². The third-order valence-corrected chi connectivity index (χ3v) is 4.83. The van der Waals surface area contributed by atoms with Crippen molar-refractivity contribution in [2.45, 2.75) is 12.3 Å². The molecule has 0 unspecified atom stereocenters. The smallest absolute Gasteiger partial charge is 0.271 e. The summed E-state index contributed by atoms with van der Waals surface area (Å²) in [7, 11) is 0.